The third-order valence-corrected chi connectivity index (χ3v) is 4.77. The Morgan fingerprint density at radius 3 is 2.71 bits per heavy atom. The van der Waals surface area contributed by atoms with E-state index in [4.69, 9.17) is 0 Å². The van der Waals surface area contributed by atoms with Crippen LogP contribution in [0.5, 0.6) is 0 Å². The summed E-state index contributed by atoms with van der Waals surface area (Å²) >= 11 is 2.40. The van der Waals surface area contributed by atoms with Crippen molar-refractivity contribution in [3.05, 3.63) is 27.8 Å². The maximum atomic E-state index is 3.72. The Hall–Kier alpha value is -0.290. The van der Waals surface area contributed by atoms with Crippen molar-refractivity contribution in [3.63, 3.8) is 0 Å². The summed E-state index contributed by atoms with van der Waals surface area (Å²) in [5, 5.41) is 3.72. The van der Waals surface area contributed by atoms with Crippen molar-refractivity contribution in [3.8, 4) is 0 Å². The fourth-order valence-corrected chi connectivity index (χ4v) is 3.06. The number of nitrogens with one attached hydrogen (secondary N) is 1. The van der Waals surface area contributed by atoms with Crippen molar-refractivity contribution in [2.75, 3.05) is 18.9 Å². The number of anilines is 1. The zero-order chi connectivity index (χ0) is 12.4. The number of hydrogen-bond donors (Lipinski definition) is 1. The second kappa shape index (κ2) is 5.57. The van der Waals surface area contributed by atoms with Gasteiger partial charge >= 0.3 is 0 Å². The molecule has 0 saturated carbocycles. The Morgan fingerprint density at radius 2 is 2.00 bits per heavy atom. The van der Waals surface area contributed by atoms with Gasteiger partial charge in [0, 0.05) is 27.9 Å². The number of benzene rings is 1. The summed E-state index contributed by atoms with van der Waals surface area (Å²) in [6.45, 7) is 5.84. The van der Waals surface area contributed by atoms with Gasteiger partial charge in [0.25, 0.3) is 0 Å². The molecule has 1 heterocycles. The van der Waals surface area contributed by atoms with Gasteiger partial charge in [-0.1, -0.05) is 19.1 Å². The van der Waals surface area contributed by atoms with Crippen LogP contribution in [0.4, 0.5) is 5.69 Å². The molecule has 0 aromatic heterocycles. The molecule has 1 fully saturated rings. The van der Waals surface area contributed by atoms with Gasteiger partial charge in [0.1, 0.15) is 0 Å². The van der Waals surface area contributed by atoms with Crippen molar-refractivity contribution in [2.45, 2.75) is 32.4 Å². The Labute approximate surface area is 118 Å². The molecule has 0 bridgehead atoms. The van der Waals surface area contributed by atoms with Crippen LogP contribution in [0, 0.1) is 9.49 Å². The van der Waals surface area contributed by atoms with Gasteiger partial charge in [-0.2, -0.15) is 0 Å². The Morgan fingerprint density at radius 1 is 1.29 bits per heavy atom. The minimum atomic E-state index is 0.595. The number of hydrogen-bond acceptors (Lipinski definition) is 2. The molecule has 1 aromatic rings. The van der Waals surface area contributed by atoms with Gasteiger partial charge < -0.3 is 10.2 Å². The van der Waals surface area contributed by atoms with E-state index in [1.54, 1.807) is 0 Å². The van der Waals surface area contributed by atoms with Crippen LogP contribution >= 0.6 is 22.6 Å². The third-order valence-electron chi connectivity index (χ3n) is 3.83. The molecule has 2 nitrogen and oxygen atoms in total. The number of likely N-dealkylation sites (tertiary alicyclic amines) is 1. The Bertz CT molecular complexity index is 380. The average Bonchev–Trinajstić information content (AvgIpc) is 2.29. The fourth-order valence-electron chi connectivity index (χ4n) is 2.52. The molecule has 17 heavy (non-hydrogen) atoms. The first-order valence-electron chi connectivity index (χ1n) is 6.29. The summed E-state index contributed by atoms with van der Waals surface area (Å²) in [5.74, 6) is 0.701. The van der Waals surface area contributed by atoms with Crippen molar-refractivity contribution >= 4 is 28.3 Å². The number of rotatable bonds is 2. The van der Waals surface area contributed by atoms with Crippen LogP contribution in [0.3, 0.4) is 0 Å². The maximum absolute atomic E-state index is 3.72. The molecule has 1 aliphatic heterocycles. The molecule has 3 unspecified atom stereocenters. The summed E-state index contributed by atoms with van der Waals surface area (Å²) in [6.07, 6.45) is 1.22. The number of nitrogens with zero attached hydrogens (tertiary/aromatic N) is 1. The van der Waals surface area contributed by atoms with E-state index in [9.17, 15) is 0 Å². The Balaban J connectivity index is 2.06. The molecule has 3 heteroatoms. The molecule has 0 spiro atoms. The molecule has 0 aliphatic carbocycles. The second-order valence-electron chi connectivity index (χ2n) is 5.23. The molecule has 1 aliphatic rings. The molecule has 2 rings (SSSR count). The largest absolute Gasteiger partial charge is 0.381 e. The van der Waals surface area contributed by atoms with Gasteiger partial charge in [-0.3, -0.25) is 0 Å². The molecule has 1 saturated heterocycles. The summed E-state index contributed by atoms with van der Waals surface area (Å²) < 4.78 is 1.31. The van der Waals surface area contributed by atoms with Crippen LogP contribution in [-0.2, 0) is 0 Å². The van der Waals surface area contributed by atoms with Crippen molar-refractivity contribution < 1.29 is 0 Å². The highest BCUT2D eigenvalue weighted by molar-refractivity contribution is 14.1. The first-order chi connectivity index (χ1) is 8.08. The van der Waals surface area contributed by atoms with Gasteiger partial charge in [-0.25, -0.2) is 0 Å². The van der Waals surface area contributed by atoms with E-state index >= 15 is 0 Å². The highest BCUT2D eigenvalue weighted by Crippen LogP contribution is 2.26. The van der Waals surface area contributed by atoms with Gasteiger partial charge in [0.2, 0.25) is 0 Å². The molecule has 1 aromatic carbocycles. The molecule has 0 radical (unpaired) electrons. The zero-order valence-corrected chi connectivity index (χ0v) is 12.9. The van der Waals surface area contributed by atoms with E-state index in [0.717, 1.165) is 0 Å². The smallest absolute Gasteiger partial charge is 0.0478 e. The molecule has 0 amide bonds. The highest BCUT2D eigenvalue weighted by Gasteiger charge is 2.28. The van der Waals surface area contributed by atoms with Crippen LogP contribution in [-0.4, -0.2) is 30.6 Å². The van der Waals surface area contributed by atoms with E-state index < -0.39 is 0 Å². The van der Waals surface area contributed by atoms with E-state index in [2.05, 4.69) is 78.0 Å². The van der Waals surface area contributed by atoms with E-state index in [1.165, 1.54) is 22.2 Å². The van der Waals surface area contributed by atoms with Gasteiger partial charge in [-0.15, -0.1) is 0 Å². The Kier molecular flexibility index (Phi) is 4.31. The lowest BCUT2D eigenvalue weighted by Gasteiger charge is -2.40. The SMILES string of the molecule is CC1CN(C)C(C)CC1Nc1ccccc1I. The molecular formula is C14H21IN2. The fraction of sp³-hybridized carbons (Fsp3) is 0.571. The molecule has 94 valence electrons. The summed E-state index contributed by atoms with van der Waals surface area (Å²) in [4.78, 5) is 2.46. The molecule has 1 N–H and O–H groups in total. The molecule has 3 atom stereocenters. The second-order valence-corrected chi connectivity index (χ2v) is 6.39. The third kappa shape index (κ3) is 3.13. The number of piperidine rings is 1. The van der Waals surface area contributed by atoms with Crippen LogP contribution < -0.4 is 5.32 Å². The average molecular weight is 344 g/mol. The number of para-hydroxylation sites is 1. The van der Waals surface area contributed by atoms with Crippen LogP contribution in [0.1, 0.15) is 20.3 Å². The van der Waals surface area contributed by atoms with Crippen molar-refractivity contribution in [1.82, 2.24) is 4.90 Å². The van der Waals surface area contributed by atoms with Crippen molar-refractivity contribution in [1.29, 1.82) is 0 Å². The van der Waals surface area contributed by atoms with E-state index in [-0.39, 0.29) is 0 Å². The molecular weight excluding hydrogens is 323 g/mol. The van der Waals surface area contributed by atoms with Gasteiger partial charge in [0.05, 0.1) is 0 Å². The van der Waals surface area contributed by atoms with Gasteiger partial charge in [-0.05, 0) is 61.0 Å². The zero-order valence-electron chi connectivity index (χ0n) is 10.8. The summed E-state index contributed by atoms with van der Waals surface area (Å²) in [7, 11) is 2.23. The lowest BCUT2D eigenvalue weighted by atomic mass is 9.89. The number of halogens is 1. The monoisotopic (exact) mass is 344 g/mol. The quantitative estimate of drug-likeness (QED) is 0.827. The highest BCUT2D eigenvalue weighted by atomic mass is 127. The first kappa shape index (κ1) is 13.1. The summed E-state index contributed by atoms with van der Waals surface area (Å²) in [5.41, 5.74) is 1.28. The predicted octanol–water partition coefficient (Wildman–Crippen LogP) is 3.43. The lowest BCUT2D eigenvalue weighted by molar-refractivity contribution is 0.145. The maximum Gasteiger partial charge on any atom is 0.0478 e. The lowest BCUT2D eigenvalue weighted by Crippen LogP contribution is -2.48. The minimum Gasteiger partial charge on any atom is -0.381 e. The van der Waals surface area contributed by atoms with E-state index in [1.807, 2.05) is 0 Å². The standard InChI is InChI=1S/C14H21IN2/c1-10-9-17(3)11(2)8-14(10)16-13-7-5-4-6-12(13)15/h4-7,10-11,14,16H,8-9H2,1-3H3. The van der Waals surface area contributed by atoms with Crippen LogP contribution in [0.2, 0.25) is 0 Å². The van der Waals surface area contributed by atoms with Crippen LogP contribution in [0.15, 0.2) is 24.3 Å². The van der Waals surface area contributed by atoms with E-state index in [0.29, 0.717) is 18.0 Å². The first-order valence-corrected chi connectivity index (χ1v) is 7.37. The van der Waals surface area contributed by atoms with Gasteiger partial charge in [0.15, 0.2) is 0 Å². The summed E-state index contributed by atoms with van der Waals surface area (Å²) in [6, 6.07) is 9.80. The minimum absolute atomic E-state index is 0.595. The topological polar surface area (TPSA) is 15.3 Å². The predicted molar refractivity (Wildman–Crippen MR) is 82.4 cm³/mol. The normalized spacial score (nSPS) is 30.2. The van der Waals surface area contributed by atoms with Crippen molar-refractivity contribution in [2.24, 2.45) is 5.92 Å². The van der Waals surface area contributed by atoms with Crippen LogP contribution in [0.25, 0.3) is 0 Å².